The van der Waals surface area contributed by atoms with Crippen LogP contribution in [0.4, 0.5) is 0 Å². The lowest BCUT2D eigenvalue weighted by atomic mass is 10.0. The molecule has 0 fully saturated rings. The van der Waals surface area contributed by atoms with Crippen LogP contribution in [0.1, 0.15) is 11.8 Å². The van der Waals surface area contributed by atoms with Crippen molar-refractivity contribution in [2.75, 3.05) is 7.11 Å². The van der Waals surface area contributed by atoms with Crippen LogP contribution in [0.3, 0.4) is 0 Å². The molecule has 0 aliphatic carbocycles. The number of thioether (sulfide) groups is 1. The summed E-state index contributed by atoms with van der Waals surface area (Å²) in [6.07, 6.45) is 0. The van der Waals surface area contributed by atoms with E-state index in [9.17, 15) is 0 Å². The monoisotopic (exact) mass is 363 g/mol. The first-order valence-electron chi connectivity index (χ1n) is 8.19. The van der Waals surface area contributed by atoms with E-state index in [-0.39, 0.29) is 0 Å². The number of nitrogens with zero attached hydrogens (tertiary/aromatic N) is 3. The zero-order chi connectivity index (χ0) is 17.9. The Balaban J connectivity index is 1.77. The van der Waals surface area contributed by atoms with Gasteiger partial charge in [0.05, 0.1) is 23.4 Å². The quantitative estimate of drug-likeness (QED) is 0.470. The summed E-state index contributed by atoms with van der Waals surface area (Å²) in [6.45, 7) is 1.79. The lowest BCUT2D eigenvalue weighted by Gasteiger charge is -2.10. The summed E-state index contributed by atoms with van der Waals surface area (Å²) in [5.74, 6) is 2.54. The summed E-state index contributed by atoms with van der Waals surface area (Å²) in [7, 11) is 1.66. The zero-order valence-corrected chi connectivity index (χ0v) is 15.3. The lowest BCUT2D eigenvalue weighted by Crippen LogP contribution is -1.91. The van der Waals surface area contributed by atoms with Crippen LogP contribution in [0.15, 0.2) is 64.0 Å². The van der Waals surface area contributed by atoms with Crippen LogP contribution in [0.2, 0.25) is 0 Å². The van der Waals surface area contributed by atoms with Crippen LogP contribution < -0.4 is 4.74 Å². The van der Waals surface area contributed by atoms with Crippen LogP contribution in [0.25, 0.3) is 22.0 Å². The van der Waals surface area contributed by atoms with E-state index in [2.05, 4.69) is 34.5 Å². The number of pyridine rings is 1. The first-order chi connectivity index (χ1) is 12.7. The Labute approximate surface area is 155 Å². The third-order valence-corrected chi connectivity index (χ3v) is 4.89. The highest BCUT2D eigenvalue weighted by Gasteiger charge is 2.11. The predicted octanol–water partition coefficient (Wildman–Crippen LogP) is 4.89. The van der Waals surface area contributed by atoms with Gasteiger partial charge < -0.3 is 9.15 Å². The molecule has 0 bridgehead atoms. The molecule has 0 saturated heterocycles. The summed E-state index contributed by atoms with van der Waals surface area (Å²) < 4.78 is 10.8. The van der Waals surface area contributed by atoms with E-state index in [1.165, 1.54) is 0 Å². The Morgan fingerprint density at radius 2 is 1.88 bits per heavy atom. The van der Waals surface area contributed by atoms with Crippen molar-refractivity contribution in [3.63, 3.8) is 0 Å². The van der Waals surface area contributed by atoms with Crippen molar-refractivity contribution in [2.45, 2.75) is 17.7 Å². The molecule has 0 saturated carbocycles. The summed E-state index contributed by atoms with van der Waals surface area (Å²) in [6, 6.07) is 18.4. The normalized spacial score (nSPS) is 11.0. The number of fused-ring (bicyclic) bond motifs is 1. The van der Waals surface area contributed by atoms with Crippen LogP contribution in [0.5, 0.6) is 5.75 Å². The molecule has 0 N–H and O–H groups in total. The van der Waals surface area contributed by atoms with Crippen molar-refractivity contribution in [1.82, 2.24) is 15.2 Å². The van der Waals surface area contributed by atoms with E-state index in [4.69, 9.17) is 14.1 Å². The molecule has 4 rings (SSSR count). The predicted molar refractivity (Wildman–Crippen MR) is 102 cm³/mol. The number of rotatable bonds is 5. The number of hydrogen-bond donors (Lipinski definition) is 0. The van der Waals surface area contributed by atoms with Crippen LogP contribution in [-0.2, 0) is 5.75 Å². The molecule has 26 heavy (non-hydrogen) atoms. The molecule has 0 atom stereocenters. The van der Waals surface area contributed by atoms with E-state index in [1.807, 2.05) is 30.3 Å². The molecule has 0 aliphatic heterocycles. The minimum Gasteiger partial charge on any atom is -0.497 e. The fraction of sp³-hybridized carbons (Fsp3) is 0.150. The van der Waals surface area contributed by atoms with Gasteiger partial charge in [-0.05, 0) is 29.3 Å². The molecule has 4 aromatic rings. The van der Waals surface area contributed by atoms with Crippen molar-refractivity contribution in [1.29, 1.82) is 0 Å². The Morgan fingerprint density at radius 1 is 1.04 bits per heavy atom. The first kappa shape index (κ1) is 16.6. The molecule has 0 spiro atoms. The molecule has 130 valence electrons. The largest absolute Gasteiger partial charge is 0.497 e. The molecule has 0 amide bonds. The van der Waals surface area contributed by atoms with Gasteiger partial charge in [-0.3, -0.25) is 0 Å². The van der Waals surface area contributed by atoms with Gasteiger partial charge in [0, 0.05) is 18.4 Å². The van der Waals surface area contributed by atoms with Gasteiger partial charge in [0.1, 0.15) is 5.75 Å². The fourth-order valence-corrected chi connectivity index (χ4v) is 3.53. The summed E-state index contributed by atoms with van der Waals surface area (Å²) in [5.41, 5.74) is 3.19. The van der Waals surface area contributed by atoms with Gasteiger partial charge in [-0.1, -0.05) is 42.1 Å². The Hall–Kier alpha value is -2.86. The van der Waals surface area contributed by atoms with Crippen molar-refractivity contribution < 1.29 is 9.15 Å². The molecule has 2 heterocycles. The Kier molecular flexibility index (Phi) is 4.58. The lowest BCUT2D eigenvalue weighted by molar-refractivity contribution is 0.415. The van der Waals surface area contributed by atoms with Crippen LogP contribution in [-0.4, -0.2) is 22.3 Å². The van der Waals surface area contributed by atoms with Gasteiger partial charge in [-0.15, -0.1) is 10.2 Å². The van der Waals surface area contributed by atoms with Gasteiger partial charge in [0.2, 0.25) is 11.8 Å². The van der Waals surface area contributed by atoms with Crippen LogP contribution >= 0.6 is 11.8 Å². The van der Waals surface area contributed by atoms with Gasteiger partial charge in [0.25, 0.3) is 0 Å². The number of methoxy groups -OCH3 is 1. The summed E-state index contributed by atoms with van der Waals surface area (Å²) in [4.78, 5) is 4.78. The second-order valence-electron chi connectivity index (χ2n) is 5.76. The minimum absolute atomic E-state index is 0.571. The highest BCUT2D eigenvalue weighted by atomic mass is 32.2. The maximum absolute atomic E-state index is 5.45. The zero-order valence-electron chi connectivity index (χ0n) is 14.5. The second kappa shape index (κ2) is 7.17. The molecule has 6 heteroatoms. The van der Waals surface area contributed by atoms with E-state index in [0.717, 1.165) is 32.8 Å². The second-order valence-corrected chi connectivity index (χ2v) is 6.76. The fourth-order valence-electron chi connectivity index (χ4n) is 2.77. The van der Waals surface area contributed by atoms with Crippen molar-refractivity contribution >= 4 is 22.7 Å². The van der Waals surface area contributed by atoms with Crippen molar-refractivity contribution in [3.05, 3.63) is 66.4 Å². The average Bonchev–Trinajstić information content (AvgIpc) is 3.11. The molecule has 0 aliphatic rings. The summed E-state index contributed by atoms with van der Waals surface area (Å²) >= 11 is 1.58. The minimum atomic E-state index is 0.571. The molecule has 0 radical (unpaired) electrons. The van der Waals surface area contributed by atoms with Crippen molar-refractivity contribution in [2.24, 2.45) is 0 Å². The maximum atomic E-state index is 5.45. The average molecular weight is 363 g/mol. The third-order valence-electron chi connectivity index (χ3n) is 3.99. The SMILES string of the molecule is COc1ccc2c(-c3ccccc3)cc(SCc3nnc(C)o3)nc2c1. The van der Waals surface area contributed by atoms with Gasteiger partial charge in [-0.2, -0.15) is 0 Å². The molecule has 2 aromatic heterocycles. The molecule has 2 aromatic carbocycles. The summed E-state index contributed by atoms with van der Waals surface area (Å²) in [5, 5.41) is 9.91. The topological polar surface area (TPSA) is 61.0 Å². The van der Waals surface area contributed by atoms with Crippen LogP contribution in [0, 0.1) is 6.92 Å². The molecule has 0 unspecified atom stereocenters. The number of benzene rings is 2. The van der Waals surface area contributed by atoms with Gasteiger partial charge in [0.15, 0.2) is 0 Å². The molecular formula is C20H17N3O2S. The number of aromatic nitrogens is 3. The van der Waals surface area contributed by atoms with Gasteiger partial charge in [-0.25, -0.2) is 4.98 Å². The number of aryl methyl sites for hydroxylation is 1. The third kappa shape index (κ3) is 3.41. The van der Waals surface area contributed by atoms with E-state index >= 15 is 0 Å². The van der Waals surface area contributed by atoms with E-state index in [1.54, 1.807) is 25.8 Å². The Bertz CT molecular complexity index is 1050. The molecular weight excluding hydrogens is 346 g/mol. The van der Waals surface area contributed by atoms with Gasteiger partial charge >= 0.3 is 0 Å². The van der Waals surface area contributed by atoms with E-state index < -0.39 is 0 Å². The highest BCUT2D eigenvalue weighted by molar-refractivity contribution is 7.98. The number of ether oxygens (including phenoxy) is 1. The van der Waals surface area contributed by atoms with E-state index in [0.29, 0.717) is 17.5 Å². The maximum Gasteiger partial charge on any atom is 0.226 e. The smallest absolute Gasteiger partial charge is 0.226 e. The number of hydrogen-bond acceptors (Lipinski definition) is 6. The first-order valence-corrected chi connectivity index (χ1v) is 9.17. The standard InChI is InChI=1S/C20H17N3O2S/c1-13-22-23-19(25-13)12-26-20-11-17(14-6-4-3-5-7-14)16-9-8-15(24-2)10-18(16)21-20/h3-11H,12H2,1-2H3. The Morgan fingerprint density at radius 3 is 2.62 bits per heavy atom. The van der Waals surface area contributed by atoms with Crippen molar-refractivity contribution in [3.8, 4) is 16.9 Å². The highest BCUT2D eigenvalue weighted by Crippen LogP contribution is 2.34. The molecule has 5 nitrogen and oxygen atoms in total.